The smallest absolute Gasteiger partial charge is 0.229 e. The van der Waals surface area contributed by atoms with Gasteiger partial charge < -0.3 is 20.1 Å². The van der Waals surface area contributed by atoms with Crippen LogP contribution in [0.3, 0.4) is 0 Å². The molecule has 1 unspecified atom stereocenters. The fraction of sp³-hybridized carbons (Fsp3) is 0.240. The highest BCUT2D eigenvalue weighted by atomic mass is 32.2. The second-order valence-electron chi connectivity index (χ2n) is 8.14. The van der Waals surface area contributed by atoms with Gasteiger partial charge in [-0.2, -0.15) is 0 Å². The Balaban J connectivity index is 1.29. The number of hydrogen-bond donors (Lipinski definition) is 4. The standard InChI is InChI=1S/C25H28N4O4S/c1-17-22-9-8-21(14-23(22)28-25(17)19-6-4-10-26-15-19)33-12-11-27-16-24(30)18-5-3-7-20(13-18)29-34(2,31)32/h3-10,13-15,24,27-30H,11-12,16H2,1-2H3. The predicted octanol–water partition coefficient (Wildman–Crippen LogP) is 3.61. The molecule has 4 aromatic rings. The van der Waals surface area contributed by atoms with Gasteiger partial charge in [0.05, 0.1) is 18.1 Å². The summed E-state index contributed by atoms with van der Waals surface area (Å²) < 4.78 is 31.1. The summed E-state index contributed by atoms with van der Waals surface area (Å²) in [5.74, 6) is 0.758. The Labute approximate surface area is 199 Å². The van der Waals surface area contributed by atoms with Gasteiger partial charge >= 0.3 is 0 Å². The van der Waals surface area contributed by atoms with Crippen LogP contribution in [0, 0.1) is 6.92 Å². The third kappa shape index (κ3) is 5.93. The number of nitrogens with one attached hydrogen (secondary N) is 3. The molecule has 0 saturated carbocycles. The van der Waals surface area contributed by atoms with E-state index in [0.29, 0.717) is 30.9 Å². The Bertz CT molecular complexity index is 1370. The zero-order valence-electron chi connectivity index (χ0n) is 19.1. The van der Waals surface area contributed by atoms with Gasteiger partial charge in [-0.1, -0.05) is 12.1 Å². The summed E-state index contributed by atoms with van der Waals surface area (Å²) in [6.07, 6.45) is 3.92. The van der Waals surface area contributed by atoms with Gasteiger partial charge in [-0.25, -0.2) is 8.42 Å². The molecular weight excluding hydrogens is 452 g/mol. The van der Waals surface area contributed by atoms with Crippen LogP contribution in [0.5, 0.6) is 5.75 Å². The summed E-state index contributed by atoms with van der Waals surface area (Å²) in [4.78, 5) is 7.66. The first-order chi connectivity index (χ1) is 16.3. The lowest BCUT2D eigenvalue weighted by atomic mass is 10.1. The zero-order chi connectivity index (χ0) is 24.1. The number of hydrogen-bond acceptors (Lipinski definition) is 6. The van der Waals surface area contributed by atoms with Crippen molar-refractivity contribution in [1.82, 2.24) is 15.3 Å². The molecule has 0 bridgehead atoms. The maximum absolute atomic E-state index is 11.4. The average Bonchev–Trinajstić information content (AvgIpc) is 3.14. The molecule has 0 spiro atoms. The van der Waals surface area contributed by atoms with Crippen molar-refractivity contribution in [3.63, 3.8) is 0 Å². The van der Waals surface area contributed by atoms with Crippen molar-refractivity contribution in [3.8, 4) is 17.0 Å². The summed E-state index contributed by atoms with van der Waals surface area (Å²) in [5.41, 5.74) is 5.30. The van der Waals surface area contributed by atoms with E-state index in [9.17, 15) is 13.5 Å². The Morgan fingerprint density at radius 3 is 2.76 bits per heavy atom. The van der Waals surface area contributed by atoms with E-state index < -0.39 is 16.1 Å². The van der Waals surface area contributed by atoms with E-state index in [0.717, 1.165) is 34.2 Å². The number of benzene rings is 2. The minimum Gasteiger partial charge on any atom is -0.492 e. The molecule has 178 valence electrons. The van der Waals surface area contributed by atoms with Crippen LogP contribution in [-0.2, 0) is 10.0 Å². The normalized spacial score (nSPS) is 12.6. The minimum atomic E-state index is -3.37. The number of ether oxygens (including phenoxy) is 1. The first-order valence-corrected chi connectivity index (χ1v) is 12.8. The largest absolute Gasteiger partial charge is 0.492 e. The van der Waals surface area contributed by atoms with Gasteiger partial charge in [0.25, 0.3) is 0 Å². The molecule has 0 aliphatic carbocycles. The van der Waals surface area contributed by atoms with Crippen LogP contribution in [0.15, 0.2) is 67.0 Å². The van der Waals surface area contributed by atoms with E-state index >= 15 is 0 Å². The fourth-order valence-electron chi connectivity index (χ4n) is 3.83. The van der Waals surface area contributed by atoms with Crippen molar-refractivity contribution in [2.75, 3.05) is 30.7 Å². The Morgan fingerprint density at radius 2 is 2.00 bits per heavy atom. The number of fused-ring (bicyclic) bond motifs is 1. The first-order valence-electron chi connectivity index (χ1n) is 10.9. The molecule has 2 aromatic heterocycles. The number of aromatic nitrogens is 2. The molecule has 0 amide bonds. The summed E-state index contributed by atoms with van der Waals surface area (Å²) in [7, 11) is -3.37. The van der Waals surface area contributed by atoms with Gasteiger partial charge in [0.1, 0.15) is 12.4 Å². The summed E-state index contributed by atoms with van der Waals surface area (Å²) in [5, 5.41) is 14.7. The summed E-state index contributed by atoms with van der Waals surface area (Å²) in [6.45, 7) is 3.38. The van der Waals surface area contributed by atoms with Crippen LogP contribution in [-0.4, -0.2) is 49.4 Å². The zero-order valence-corrected chi connectivity index (χ0v) is 19.9. The van der Waals surface area contributed by atoms with E-state index in [1.54, 1.807) is 30.5 Å². The summed E-state index contributed by atoms with van der Waals surface area (Å²) >= 11 is 0. The molecule has 0 radical (unpaired) electrons. The third-order valence-electron chi connectivity index (χ3n) is 5.44. The van der Waals surface area contributed by atoms with Crippen LogP contribution >= 0.6 is 0 Å². The Kier molecular flexibility index (Phi) is 7.16. The number of sulfonamides is 1. The predicted molar refractivity (Wildman–Crippen MR) is 134 cm³/mol. The highest BCUT2D eigenvalue weighted by Crippen LogP contribution is 2.31. The molecule has 0 fully saturated rings. The fourth-order valence-corrected chi connectivity index (χ4v) is 4.38. The van der Waals surface area contributed by atoms with Gasteiger partial charge in [-0.3, -0.25) is 9.71 Å². The van der Waals surface area contributed by atoms with Crippen LogP contribution in [0.25, 0.3) is 22.2 Å². The van der Waals surface area contributed by atoms with E-state index in [-0.39, 0.29) is 0 Å². The van der Waals surface area contributed by atoms with Crippen molar-refractivity contribution < 1.29 is 18.3 Å². The second-order valence-corrected chi connectivity index (χ2v) is 9.89. The van der Waals surface area contributed by atoms with Gasteiger partial charge in [0.15, 0.2) is 0 Å². The average molecular weight is 481 g/mol. The number of pyridine rings is 1. The maximum atomic E-state index is 11.4. The Morgan fingerprint density at radius 1 is 1.15 bits per heavy atom. The molecule has 2 aromatic carbocycles. The molecular formula is C25H28N4O4S. The van der Waals surface area contributed by atoms with Crippen LogP contribution in [0.1, 0.15) is 17.2 Å². The molecule has 0 aliphatic rings. The topological polar surface area (TPSA) is 116 Å². The van der Waals surface area contributed by atoms with E-state index in [2.05, 4.69) is 26.9 Å². The minimum absolute atomic E-state index is 0.315. The lowest BCUT2D eigenvalue weighted by Gasteiger charge is -2.14. The number of nitrogens with zero attached hydrogens (tertiary/aromatic N) is 1. The van der Waals surface area contributed by atoms with Crippen LogP contribution < -0.4 is 14.8 Å². The molecule has 2 heterocycles. The van der Waals surface area contributed by atoms with Crippen molar-refractivity contribution >= 4 is 26.6 Å². The molecule has 0 aliphatic heterocycles. The monoisotopic (exact) mass is 480 g/mol. The molecule has 9 heteroatoms. The lowest BCUT2D eigenvalue weighted by Crippen LogP contribution is -2.26. The third-order valence-corrected chi connectivity index (χ3v) is 6.05. The SMILES string of the molecule is Cc1c(-c2cccnc2)[nH]c2cc(OCCNCC(O)c3cccc(NS(C)(=O)=O)c3)ccc12. The van der Waals surface area contributed by atoms with Crippen molar-refractivity contribution in [2.24, 2.45) is 0 Å². The highest BCUT2D eigenvalue weighted by molar-refractivity contribution is 7.92. The van der Waals surface area contributed by atoms with Crippen molar-refractivity contribution in [1.29, 1.82) is 0 Å². The molecule has 0 saturated heterocycles. The molecule has 34 heavy (non-hydrogen) atoms. The molecule has 4 rings (SSSR count). The van der Waals surface area contributed by atoms with E-state index in [1.807, 2.05) is 36.5 Å². The van der Waals surface area contributed by atoms with Crippen molar-refractivity contribution in [2.45, 2.75) is 13.0 Å². The van der Waals surface area contributed by atoms with Gasteiger partial charge in [0, 0.05) is 53.7 Å². The number of H-pyrrole nitrogens is 1. The molecule has 8 nitrogen and oxygen atoms in total. The molecule has 4 N–H and O–H groups in total. The van der Waals surface area contributed by atoms with Gasteiger partial charge in [-0.15, -0.1) is 0 Å². The first kappa shape index (κ1) is 23.7. The number of aryl methyl sites for hydroxylation is 1. The van der Waals surface area contributed by atoms with E-state index in [4.69, 9.17) is 4.74 Å². The van der Waals surface area contributed by atoms with Gasteiger partial charge in [0.2, 0.25) is 10.0 Å². The van der Waals surface area contributed by atoms with Crippen LogP contribution in [0.4, 0.5) is 5.69 Å². The highest BCUT2D eigenvalue weighted by Gasteiger charge is 2.11. The number of rotatable bonds is 10. The Hall–Kier alpha value is -3.40. The molecule has 1 atom stereocenters. The van der Waals surface area contributed by atoms with E-state index in [1.165, 1.54) is 5.56 Å². The second kappa shape index (κ2) is 10.3. The number of aliphatic hydroxyl groups excluding tert-OH is 1. The van der Waals surface area contributed by atoms with Gasteiger partial charge in [-0.05, 0) is 54.4 Å². The lowest BCUT2D eigenvalue weighted by molar-refractivity contribution is 0.172. The maximum Gasteiger partial charge on any atom is 0.229 e. The van der Waals surface area contributed by atoms with Crippen LogP contribution in [0.2, 0.25) is 0 Å². The van der Waals surface area contributed by atoms with Crippen molar-refractivity contribution in [3.05, 3.63) is 78.1 Å². The quantitative estimate of drug-likeness (QED) is 0.258. The number of aliphatic hydroxyl groups is 1. The summed E-state index contributed by atoms with van der Waals surface area (Å²) in [6, 6.07) is 16.6. The number of aromatic amines is 1. The number of anilines is 1.